The van der Waals surface area contributed by atoms with Crippen molar-refractivity contribution in [3.8, 4) is 0 Å². The van der Waals surface area contributed by atoms with Gasteiger partial charge < -0.3 is 4.74 Å². The smallest absolute Gasteiger partial charge is 0.418 e. The molecule has 0 fully saturated rings. The Morgan fingerprint density at radius 2 is 1.90 bits per heavy atom. The first-order valence-corrected chi connectivity index (χ1v) is 7.26. The van der Waals surface area contributed by atoms with Gasteiger partial charge in [0, 0.05) is 11.6 Å². The molecule has 108 valence electrons. The number of aromatic nitrogens is 1. The van der Waals surface area contributed by atoms with Gasteiger partial charge in [-0.15, -0.1) is 3.89 Å². The second kappa shape index (κ2) is 4.59. The van der Waals surface area contributed by atoms with Gasteiger partial charge in [0.05, 0.1) is 5.52 Å². The summed E-state index contributed by atoms with van der Waals surface area (Å²) in [6.07, 6.45) is 0.703. The van der Waals surface area contributed by atoms with Crippen LogP contribution in [-0.4, -0.2) is 24.7 Å². The van der Waals surface area contributed by atoms with Crippen molar-refractivity contribution in [1.29, 1.82) is 0 Å². The summed E-state index contributed by atoms with van der Waals surface area (Å²) in [5.74, 6) is 0. The van der Waals surface area contributed by atoms with Gasteiger partial charge in [-0.1, -0.05) is 6.07 Å². The van der Waals surface area contributed by atoms with Crippen LogP contribution < -0.4 is 0 Å². The van der Waals surface area contributed by atoms with Crippen LogP contribution >= 0.6 is 0 Å². The van der Waals surface area contributed by atoms with Gasteiger partial charge >= 0.3 is 16.3 Å². The summed E-state index contributed by atoms with van der Waals surface area (Å²) in [6, 6.07) is 5.41. The number of carbonyl (C=O) groups excluding carboxylic acids is 1. The fraction of sp³-hybridized carbons (Fsp3) is 0.308. The minimum atomic E-state index is -4.84. The zero-order valence-corrected chi connectivity index (χ0v) is 12.1. The predicted octanol–water partition coefficient (Wildman–Crippen LogP) is 3.08. The van der Waals surface area contributed by atoms with Crippen molar-refractivity contribution in [2.75, 3.05) is 0 Å². The Balaban J connectivity index is 2.57. The molecular formula is C13H14FNO4S. The number of rotatable bonds is 1. The van der Waals surface area contributed by atoms with Gasteiger partial charge in [-0.2, -0.15) is 8.42 Å². The van der Waals surface area contributed by atoms with Crippen molar-refractivity contribution in [1.82, 2.24) is 4.57 Å². The highest BCUT2D eigenvalue weighted by atomic mass is 32.3. The molecule has 0 spiro atoms. The quantitative estimate of drug-likeness (QED) is 0.759. The highest BCUT2D eigenvalue weighted by Gasteiger charge is 2.22. The second-order valence-electron chi connectivity index (χ2n) is 5.29. The van der Waals surface area contributed by atoms with Crippen LogP contribution in [-0.2, 0) is 15.0 Å². The Hall–Kier alpha value is -1.89. The summed E-state index contributed by atoms with van der Waals surface area (Å²) in [5.41, 5.74) is -0.407. The molecule has 0 unspecified atom stereocenters. The monoisotopic (exact) mass is 299 g/mol. The van der Waals surface area contributed by atoms with E-state index in [0.29, 0.717) is 0 Å². The van der Waals surface area contributed by atoms with E-state index in [1.807, 2.05) is 0 Å². The number of nitrogens with zero attached hydrogens (tertiary/aromatic N) is 1. The van der Waals surface area contributed by atoms with Gasteiger partial charge in [0.1, 0.15) is 10.5 Å². The van der Waals surface area contributed by atoms with Crippen LogP contribution in [0.25, 0.3) is 10.9 Å². The van der Waals surface area contributed by atoms with Gasteiger partial charge in [0.2, 0.25) is 0 Å². The molecule has 0 saturated heterocycles. The molecular weight excluding hydrogens is 285 g/mol. The van der Waals surface area contributed by atoms with Crippen molar-refractivity contribution >= 4 is 27.2 Å². The van der Waals surface area contributed by atoms with Crippen molar-refractivity contribution < 1.29 is 21.8 Å². The third-order valence-electron chi connectivity index (χ3n) is 2.55. The summed E-state index contributed by atoms with van der Waals surface area (Å²) >= 11 is 0. The van der Waals surface area contributed by atoms with E-state index in [4.69, 9.17) is 4.74 Å². The molecule has 0 saturated carbocycles. The first-order valence-electron chi connectivity index (χ1n) is 5.88. The zero-order chi connectivity index (χ0) is 15.1. The minimum absolute atomic E-state index is 0.140. The van der Waals surface area contributed by atoms with Crippen molar-refractivity contribution in [3.05, 3.63) is 30.5 Å². The highest BCUT2D eigenvalue weighted by molar-refractivity contribution is 7.86. The molecule has 0 radical (unpaired) electrons. The van der Waals surface area contributed by atoms with Crippen LogP contribution in [0, 0.1) is 0 Å². The molecule has 0 aliphatic rings. The SMILES string of the molecule is CC(C)(C)OC(=O)n1ccc2c(S(=O)(=O)F)cccc21. The van der Waals surface area contributed by atoms with Crippen molar-refractivity contribution in [3.63, 3.8) is 0 Å². The van der Waals surface area contributed by atoms with Gasteiger partial charge in [-0.3, -0.25) is 4.57 Å². The largest absolute Gasteiger partial charge is 0.443 e. The van der Waals surface area contributed by atoms with Crippen LogP contribution in [0.4, 0.5) is 8.68 Å². The molecule has 0 aliphatic carbocycles. The van der Waals surface area contributed by atoms with E-state index < -0.39 is 26.8 Å². The molecule has 20 heavy (non-hydrogen) atoms. The van der Waals surface area contributed by atoms with E-state index in [1.165, 1.54) is 24.4 Å². The van der Waals surface area contributed by atoms with Gasteiger partial charge in [0.15, 0.2) is 0 Å². The maximum atomic E-state index is 13.2. The summed E-state index contributed by atoms with van der Waals surface area (Å²) in [5, 5.41) is 0.140. The van der Waals surface area contributed by atoms with Gasteiger partial charge in [0.25, 0.3) is 0 Å². The van der Waals surface area contributed by atoms with E-state index >= 15 is 0 Å². The lowest BCUT2D eigenvalue weighted by Crippen LogP contribution is -2.26. The molecule has 1 aromatic carbocycles. The standard InChI is InChI=1S/C13H14FNO4S/c1-13(2,3)19-12(16)15-8-7-9-10(15)5-4-6-11(9)20(14,17)18/h4-8H,1-3H3. The van der Waals surface area contributed by atoms with E-state index in [1.54, 1.807) is 20.8 Å². The van der Waals surface area contributed by atoms with Crippen LogP contribution in [0.5, 0.6) is 0 Å². The van der Waals surface area contributed by atoms with E-state index in [0.717, 1.165) is 10.6 Å². The second-order valence-corrected chi connectivity index (χ2v) is 6.61. The Bertz CT molecular complexity index is 771. The van der Waals surface area contributed by atoms with Gasteiger partial charge in [-0.25, -0.2) is 4.79 Å². The maximum Gasteiger partial charge on any atom is 0.418 e. The molecule has 2 rings (SSSR count). The molecule has 0 aliphatic heterocycles. The summed E-state index contributed by atoms with van der Waals surface area (Å²) in [4.78, 5) is 11.5. The Morgan fingerprint density at radius 3 is 2.45 bits per heavy atom. The maximum absolute atomic E-state index is 13.2. The molecule has 0 bridgehead atoms. The van der Waals surface area contributed by atoms with E-state index in [9.17, 15) is 17.1 Å². The molecule has 5 nitrogen and oxygen atoms in total. The number of carbonyl (C=O) groups is 1. The van der Waals surface area contributed by atoms with Crippen LogP contribution in [0.3, 0.4) is 0 Å². The third-order valence-corrected chi connectivity index (χ3v) is 3.43. The first kappa shape index (κ1) is 14.5. The Labute approximate surface area is 116 Å². The molecule has 2 aromatic rings. The summed E-state index contributed by atoms with van der Waals surface area (Å²) in [6.45, 7) is 5.15. The average molecular weight is 299 g/mol. The molecule has 0 amide bonds. The minimum Gasteiger partial charge on any atom is -0.443 e. The van der Waals surface area contributed by atoms with Crippen LogP contribution in [0.2, 0.25) is 0 Å². The van der Waals surface area contributed by atoms with E-state index in [-0.39, 0.29) is 10.9 Å². The third kappa shape index (κ3) is 2.82. The number of benzene rings is 1. The zero-order valence-electron chi connectivity index (χ0n) is 11.3. The van der Waals surface area contributed by atoms with Crippen molar-refractivity contribution in [2.45, 2.75) is 31.3 Å². The van der Waals surface area contributed by atoms with Gasteiger partial charge in [-0.05, 0) is 39.0 Å². The molecule has 1 aromatic heterocycles. The Morgan fingerprint density at radius 1 is 1.25 bits per heavy atom. The molecule has 7 heteroatoms. The lowest BCUT2D eigenvalue weighted by Gasteiger charge is -2.19. The summed E-state index contributed by atoms with van der Waals surface area (Å²) < 4.78 is 41.6. The average Bonchev–Trinajstić information content (AvgIpc) is 2.68. The number of ether oxygens (including phenoxy) is 1. The number of fused-ring (bicyclic) bond motifs is 1. The topological polar surface area (TPSA) is 65.4 Å². The van der Waals surface area contributed by atoms with Crippen molar-refractivity contribution in [2.24, 2.45) is 0 Å². The number of hydrogen-bond donors (Lipinski definition) is 0. The lowest BCUT2D eigenvalue weighted by molar-refractivity contribution is 0.0544. The van der Waals surface area contributed by atoms with E-state index in [2.05, 4.69) is 0 Å². The fourth-order valence-electron chi connectivity index (χ4n) is 1.82. The molecule has 0 atom stereocenters. The highest BCUT2D eigenvalue weighted by Crippen LogP contribution is 2.26. The van der Waals surface area contributed by atoms with Crippen LogP contribution in [0.1, 0.15) is 20.8 Å². The summed E-state index contributed by atoms with van der Waals surface area (Å²) in [7, 11) is -4.84. The lowest BCUT2D eigenvalue weighted by atomic mass is 10.2. The molecule has 0 N–H and O–H groups in total. The normalized spacial score (nSPS) is 12.6. The first-order chi connectivity index (χ1) is 9.09. The predicted molar refractivity (Wildman–Crippen MR) is 71.9 cm³/mol. The molecule has 1 heterocycles. The fourth-order valence-corrected chi connectivity index (χ4v) is 2.50. The number of halogens is 1. The van der Waals surface area contributed by atoms with Crippen LogP contribution in [0.15, 0.2) is 35.4 Å². The Kier molecular flexibility index (Phi) is 3.33. The number of hydrogen-bond acceptors (Lipinski definition) is 4.